The summed E-state index contributed by atoms with van der Waals surface area (Å²) in [4.78, 5) is 4.07. The molecule has 3 rings (SSSR count). The minimum atomic E-state index is -3.74. The van der Waals surface area contributed by atoms with Gasteiger partial charge in [0.1, 0.15) is 0 Å². The number of hydrogen-bond donors (Lipinski definition) is 1. The minimum absolute atomic E-state index is 0.112. The molecule has 106 valence electrons. The molecule has 2 aromatic carbocycles. The van der Waals surface area contributed by atoms with E-state index in [1.807, 2.05) is 18.2 Å². The molecular weight excluding hydrogens is 308 g/mol. The van der Waals surface area contributed by atoms with E-state index < -0.39 is 10.0 Å². The van der Waals surface area contributed by atoms with Crippen LogP contribution >= 0.6 is 11.6 Å². The zero-order chi connectivity index (χ0) is 14.9. The summed E-state index contributed by atoms with van der Waals surface area (Å²) in [5, 5.41) is 1.63. The lowest BCUT2D eigenvalue weighted by Gasteiger charge is -2.11. The molecule has 1 heterocycles. The van der Waals surface area contributed by atoms with Crippen LogP contribution in [0.5, 0.6) is 0 Å². The van der Waals surface area contributed by atoms with Crippen LogP contribution in [0.25, 0.3) is 10.8 Å². The average molecular weight is 319 g/mol. The van der Waals surface area contributed by atoms with Gasteiger partial charge in [-0.25, -0.2) is 13.4 Å². The quantitative estimate of drug-likeness (QED) is 0.749. The van der Waals surface area contributed by atoms with E-state index in [1.54, 1.807) is 36.4 Å². The Balaban J connectivity index is 2.11. The Morgan fingerprint density at radius 1 is 0.952 bits per heavy atom. The Hall–Kier alpha value is -2.11. The summed E-state index contributed by atoms with van der Waals surface area (Å²) in [6.45, 7) is 0. The third kappa shape index (κ3) is 2.70. The van der Waals surface area contributed by atoms with E-state index in [0.29, 0.717) is 5.39 Å². The van der Waals surface area contributed by atoms with Gasteiger partial charge in [-0.1, -0.05) is 48.0 Å². The second kappa shape index (κ2) is 5.35. The highest BCUT2D eigenvalue weighted by atomic mass is 35.5. The normalized spacial score (nSPS) is 11.5. The van der Waals surface area contributed by atoms with Crippen LogP contribution in [0.3, 0.4) is 0 Å². The maximum atomic E-state index is 12.6. The maximum Gasteiger partial charge on any atom is 0.262 e. The van der Waals surface area contributed by atoms with Crippen molar-refractivity contribution in [3.63, 3.8) is 0 Å². The lowest BCUT2D eigenvalue weighted by atomic mass is 10.1. The predicted molar refractivity (Wildman–Crippen MR) is 84.0 cm³/mol. The number of benzene rings is 2. The first-order valence-electron chi connectivity index (χ1n) is 6.19. The molecule has 4 nitrogen and oxygen atoms in total. The molecule has 0 fully saturated rings. The van der Waals surface area contributed by atoms with E-state index in [0.717, 1.165) is 5.39 Å². The number of pyridine rings is 1. The lowest BCUT2D eigenvalue weighted by Crippen LogP contribution is -2.13. The fraction of sp³-hybridized carbons (Fsp3) is 0. The number of nitrogens with zero attached hydrogens (tertiary/aromatic N) is 1. The Morgan fingerprint density at radius 3 is 2.52 bits per heavy atom. The standard InChI is InChI=1S/C15H11ClN2O2S/c16-15-13(8-4-10-17-15)18-21(19,20)14-9-3-6-11-5-1-2-7-12(11)14/h1-10,18H. The summed E-state index contributed by atoms with van der Waals surface area (Å²) in [6, 6.07) is 15.6. The number of anilines is 1. The molecule has 1 aromatic heterocycles. The molecule has 0 unspecified atom stereocenters. The molecule has 0 saturated heterocycles. The van der Waals surface area contributed by atoms with Crippen LogP contribution in [-0.4, -0.2) is 13.4 Å². The summed E-state index contributed by atoms with van der Waals surface area (Å²) in [5.74, 6) is 0. The summed E-state index contributed by atoms with van der Waals surface area (Å²) in [7, 11) is -3.74. The van der Waals surface area contributed by atoms with Crippen molar-refractivity contribution >= 4 is 38.1 Å². The van der Waals surface area contributed by atoms with E-state index in [9.17, 15) is 8.42 Å². The summed E-state index contributed by atoms with van der Waals surface area (Å²) < 4.78 is 27.6. The summed E-state index contributed by atoms with van der Waals surface area (Å²) >= 11 is 5.90. The van der Waals surface area contributed by atoms with Gasteiger partial charge in [-0.05, 0) is 23.6 Å². The van der Waals surface area contributed by atoms with Crippen LogP contribution in [-0.2, 0) is 10.0 Å². The molecule has 3 aromatic rings. The molecule has 0 bridgehead atoms. The number of hydrogen-bond acceptors (Lipinski definition) is 3. The fourth-order valence-corrected chi connectivity index (χ4v) is 3.61. The van der Waals surface area contributed by atoms with Gasteiger partial charge in [-0.3, -0.25) is 4.72 Å². The Labute approximate surface area is 127 Å². The maximum absolute atomic E-state index is 12.6. The van der Waals surface area contributed by atoms with Gasteiger partial charge in [0.05, 0.1) is 10.6 Å². The second-order valence-corrected chi connectivity index (χ2v) is 6.43. The second-order valence-electron chi connectivity index (χ2n) is 4.42. The molecular formula is C15H11ClN2O2S. The zero-order valence-electron chi connectivity index (χ0n) is 10.8. The number of halogens is 1. The number of fused-ring (bicyclic) bond motifs is 1. The third-order valence-corrected chi connectivity index (χ3v) is 4.77. The highest BCUT2D eigenvalue weighted by Crippen LogP contribution is 2.26. The molecule has 0 amide bonds. The number of nitrogens with one attached hydrogen (secondary N) is 1. The minimum Gasteiger partial charge on any atom is -0.276 e. The molecule has 6 heteroatoms. The first-order chi connectivity index (χ1) is 10.1. The predicted octanol–water partition coefficient (Wildman–Crippen LogP) is 3.69. The lowest BCUT2D eigenvalue weighted by molar-refractivity contribution is 0.602. The van der Waals surface area contributed by atoms with Crippen molar-refractivity contribution in [1.29, 1.82) is 0 Å². The monoisotopic (exact) mass is 318 g/mol. The smallest absolute Gasteiger partial charge is 0.262 e. The van der Waals surface area contributed by atoms with Crippen molar-refractivity contribution in [3.8, 4) is 0 Å². The first-order valence-corrected chi connectivity index (χ1v) is 8.05. The third-order valence-electron chi connectivity index (χ3n) is 3.04. The van der Waals surface area contributed by atoms with Gasteiger partial charge in [0, 0.05) is 11.6 Å². The van der Waals surface area contributed by atoms with Crippen LogP contribution in [0.1, 0.15) is 0 Å². The van der Waals surface area contributed by atoms with Crippen LogP contribution < -0.4 is 4.72 Å². The van der Waals surface area contributed by atoms with Gasteiger partial charge < -0.3 is 0 Å². The van der Waals surface area contributed by atoms with Gasteiger partial charge in [0.2, 0.25) is 0 Å². The van der Waals surface area contributed by atoms with Gasteiger partial charge >= 0.3 is 0 Å². The van der Waals surface area contributed by atoms with E-state index in [1.165, 1.54) is 6.20 Å². The van der Waals surface area contributed by atoms with Gasteiger partial charge in [-0.15, -0.1) is 0 Å². The van der Waals surface area contributed by atoms with E-state index >= 15 is 0 Å². The molecule has 1 N–H and O–H groups in total. The van der Waals surface area contributed by atoms with Gasteiger partial charge in [0.15, 0.2) is 5.15 Å². The van der Waals surface area contributed by atoms with Crippen LogP contribution in [0.2, 0.25) is 5.15 Å². The highest BCUT2D eigenvalue weighted by molar-refractivity contribution is 7.93. The molecule has 0 aliphatic carbocycles. The van der Waals surface area contributed by atoms with Crippen LogP contribution in [0.15, 0.2) is 65.7 Å². The van der Waals surface area contributed by atoms with Crippen molar-refractivity contribution in [2.45, 2.75) is 4.90 Å². The first kappa shape index (κ1) is 13.9. The van der Waals surface area contributed by atoms with E-state index in [-0.39, 0.29) is 15.7 Å². The van der Waals surface area contributed by atoms with Crippen molar-refractivity contribution < 1.29 is 8.42 Å². The Morgan fingerprint density at radius 2 is 1.71 bits per heavy atom. The number of aromatic nitrogens is 1. The topological polar surface area (TPSA) is 59.1 Å². The van der Waals surface area contributed by atoms with Crippen molar-refractivity contribution in [2.75, 3.05) is 4.72 Å². The molecule has 0 atom stereocenters. The van der Waals surface area contributed by atoms with E-state index in [2.05, 4.69) is 9.71 Å². The fourth-order valence-electron chi connectivity index (χ4n) is 2.09. The molecule has 21 heavy (non-hydrogen) atoms. The van der Waals surface area contributed by atoms with Gasteiger partial charge in [0.25, 0.3) is 10.0 Å². The number of rotatable bonds is 3. The SMILES string of the molecule is O=S(=O)(Nc1cccnc1Cl)c1cccc2ccccc12. The zero-order valence-corrected chi connectivity index (χ0v) is 12.4. The molecule has 0 radical (unpaired) electrons. The Bertz CT molecular complexity index is 905. The molecule has 0 spiro atoms. The van der Waals surface area contributed by atoms with E-state index in [4.69, 9.17) is 11.6 Å². The van der Waals surface area contributed by atoms with Crippen LogP contribution in [0, 0.1) is 0 Å². The molecule has 0 saturated carbocycles. The largest absolute Gasteiger partial charge is 0.276 e. The van der Waals surface area contributed by atoms with Crippen LogP contribution in [0.4, 0.5) is 5.69 Å². The summed E-state index contributed by atoms with van der Waals surface area (Å²) in [5.41, 5.74) is 0.257. The molecule has 0 aliphatic heterocycles. The number of sulfonamides is 1. The van der Waals surface area contributed by atoms with Crippen molar-refractivity contribution in [2.24, 2.45) is 0 Å². The average Bonchev–Trinajstić information content (AvgIpc) is 2.49. The summed E-state index contributed by atoms with van der Waals surface area (Å²) in [6.07, 6.45) is 1.50. The Kier molecular flexibility index (Phi) is 3.53. The molecule has 0 aliphatic rings. The highest BCUT2D eigenvalue weighted by Gasteiger charge is 2.18. The van der Waals surface area contributed by atoms with Crippen molar-refractivity contribution in [3.05, 3.63) is 65.9 Å². The van der Waals surface area contributed by atoms with Crippen molar-refractivity contribution in [1.82, 2.24) is 4.98 Å². The van der Waals surface area contributed by atoms with Gasteiger partial charge in [-0.2, -0.15) is 0 Å².